The lowest BCUT2D eigenvalue weighted by Gasteiger charge is -2.34. The first kappa shape index (κ1) is 20.6. The number of halogens is 1. The lowest BCUT2D eigenvalue weighted by Crippen LogP contribution is -2.48. The van der Waals surface area contributed by atoms with Gasteiger partial charge in [0.15, 0.2) is 0 Å². The van der Waals surface area contributed by atoms with Gasteiger partial charge in [-0.2, -0.15) is 0 Å². The van der Waals surface area contributed by atoms with E-state index in [-0.39, 0.29) is 36.8 Å². The zero-order valence-corrected chi connectivity index (χ0v) is 16.8. The van der Waals surface area contributed by atoms with E-state index in [0.29, 0.717) is 25.4 Å². The maximum Gasteiger partial charge on any atom is 0.325 e. The minimum Gasteiger partial charge on any atom is -0.341 e. The normalized spacial score (nSPS) is 25.5. The second kappa shape index (κ2) is 7.72. The molecule has 152 valence electrons. The summed E-state index contributed by atoms with van der Waals surface area (Å²) in [6.07, 6.45) is 3.01. The number of nitrogens with one attached hydrogen (secondary N) is 1. The largest absolute Gasteiger partial charge is 0.341 e. The molecule has 7 nitrogen and oxygen atoms in total. The molecule has 1 spiro atoms. The summed E-state index contributed by atoms with van der Waals surface area (Å²) in [4.78, 5) is 41.2. The van der Waals surface area contributed by atoms with E-state index in [1.165, 1.54) is 0 Å². The van der Waals surface area contributed by atoms with Crippen LogP contribution in [0.1, 0.15) is 37.3 Å². The number of benzene rings is 1. The molecule has 4 amide bonds. The predicted molar refractivity (Wildman–Crippen MR) is 107 cm³/mol. The molecule has 2 aliphatic heterocycles. The highest BCUT2D eigenvalue weighted by Crippen LogP contribution is 2.41. The van der Waals surface area contributed by atoms with Gasteiger partial charge in [-0.1, -0.05) is 24.3 Å². The average Bonchev–Trinajstić information content (AvgIpc) is 3.15. The summed E-state index contributed by atoms with van der Waals surface area (Å²) in [6, 6.07) is 7.34. The van der Waals surface area contributed by atoms with Crippen molar-refractivity contribution in [1.82, 2.24) is 15.1 Å². The van der Waals surface area contributed by atoms with Gasteiger partial charge in [0.05, 0.1) is 0 Å². The molecular weight excluding hydrogens is 380 g/mol. The first-order chi connectivity index (χ1) is 12.9. The Hall–Kier alpha value is -2.12. The fourth-order valence-electron chi connectivity index (χ4n) is 4.64. The standard InChI is InChI=1S/C20H26N4O3.ClH/c1-13(21)14-7-10-23(11-8-14)17(25)12-24-18(26)20(22-19(24)27)9-6-15-4-2-3-5-16(15)20;/h2-5,13-14H,6-12,21H2,1H3,(H,22,27);1H. The minimum atomic E-state index is -1.00. The SMILES string of the molecule is CC(N)C1CCN(C(=O)CN2C(=O)NC3(CCc4ccccc43)C2=O)CC1.Cl. The highest BCUT2D eigenvalue weighted by molar-refractivity contribution is 6.09. The molecule has 2 unspecified atom stereocenters. The number of likely N-dealkylation sites (tertiary alicyclic amines) is 1. The van der Waals surface area contributed by atoms with Crippen LogP contribution in [0, 0.1) is 5.92 Å². The second-order valence-corrected chi connectivity index (χ2v) is 7.96. The topological polar surface area (TPSA) is 95.7 Å². The van der Waals surface area contributed by atoms with Gasteiger partial charge in [0.1, 0.15) is 12.1 Å². The molecule has 2 fully saturated rings. The number of hydrogen-bond acceptors (Lipinski definition) is 4. The van der Waals surface area contributed by atoms with E-state index < -0.39 is 11.6 Å². The van der Waals surface area contributed by atoms with Gasteiger partial charge >= 0.3 is 6.03 Å². The van der Waals surface area contributed by atoms with Crippen LogP contribution in [0.15, 0.2) is 24.3 Å². The van der Waals surface area contributed by atoms with Crippen molar-refractivity contribution >= 4 is 30.3 Å². The van der Waals surface area contributed by atoms with Gasteiger partial charge in [0.25, 0.3) is 5.91 Å². The Morgan fingerprint density at radius 3 is 2.64 bits per heavy atom. The number of urea groups is 1. The van der Waals surface area contributed by atoms with Crippen molar-refractivity contribution < 1.29 is 14.4 Å². The molecule has 0 saturated carbocycles. The van der Waals surface area contributed by atoms with Crippen molar-refractivity contribution in [1.29, 1.82) is 0 Å². The monoisotopic (exact) mass is 406 g/mol. The lowest BCUT2D eigenvalue weighted by molar-refractivity contribution is -0.140. The molecule has 0 radical (unpaired) electrons. The zero-order chi connectivity index (χ0) is 19.2. The average molecular weight is 407 g/mol. The van der Waals surface area contributed by atoms with Crippen LogP contribution in [-0.4, -0.2) is 53.3 Å². The van der Waals surface area contributed by atoms with Crippen molar-refractivity contribution in [2.75, 3.05) is 19.6 Å². The molecule has 1 aliphatic carbocycles. The van der Waals surface area contributed by atoms with E-state index in [4.69, 9.17) is 5.73 Å². The number of piperidine rings is 1. The van der Waals surface area contributed by atoms with E-state index in [1.54, 1.807) is 4.90 Å². The third-order valence-electron chi connectivity index (χ3n) is 6.35. The van der Waals surface area contributed by atoms with Crippen molar-refractivity contribution in [2.24, 2.45) is 11.7 Å². The quantitative estimate of drug-likeness (QED) is 0.741. The number of rotatable bonds is 3. The first-order valence-electron chi connectivity index (χ1n) is 9.68. The predicted octanol–water partition coefficient (Wildman–Crippen LogP) is 1.39. The van der Waals surface area contributed by atoms with Gasteiger partial charge in [-0.05, 0) is 49.7 Å². The summed E-state index contributed by atoms with van der Waals surface area (Å²) < 4.78 is 0. The summed E-state index contributed by atoms with van der Waals surface area (Å²) >= 11 is 0. The van der Waals surface area contributed by atoms with Crippen molar-refractivity contribution in [3.63, 3.8) is 0 Å². The van der Waals surface area contributed by atoms with Gasteiger partial charge in [0.2, 0.25) is 5.91 Å². The highest BCUT2D eigenvalue weighted by atomic mass is 35.5. The second-order valence-electron chi connectivity index (χ2n) is 7.96. The molecule has 1 aromatic rings. The Bertz CT molecular complexity index is 791. The summed E-state index contributed by atoms with van der Waals surface area (Å²) in [6.45, 7) is 3.05. The number of aryl methyl sites for hydroxylation is 1. The molecule has 0 aromatic heterocycles. The maximum atomic E-state index is 13.1. The van der Waals surface area contributed by atoms with Gasteiger partial charge in [-0.3, -0.25) is 14.5 Å². The molecule has 2 atom stereocenters. The van der Waals surface area contributed by atoms with E-state index in [1.807, 2.05) is 31.2 Å². The Morgan fingerprint density at radius 1 is 1.29 bits per heavy atom. The lowest BCUT2D eigenvalue weighted by atomic mass is 9.91. The molecule has 2 saturated heterocycles. The molecule has 4 rings (SSSR count). The number of hydrogen-bond donors (Lipinski definition) is 2. The van der Waals surface area contributed by atoms with Crippen LogP contribution in [0.4, 0.5) is 4.79 Å². The van der Waals surface area contributed by atoms with E-state index in [9.17, 15) is 14.4 Å². The number of fused-ring (bicyclic) bond motifs is 2. The number of nitrogens with zero attached hydrogens (tertiary/aromatic N) is 2. The first-order valence-corrected chi connectivity index (χ1v) is 9.68. The van der Waals surface area contributed by atoms with E-state index in [0.717, 1.165) is 35.3 Å². The summed E-state index contributed by atoms with van der Waals surface area (Å²) in [5, 5.41) is 2.87. The molecule has 2 heterocycles. The van der Waals surface area contributed by atoms with Crippen LogP contribution >= 0.6 is 12.4 Å². The molecule has 0 bridgehead atoms. The highest BCUT2D eigenvalue weighted by Gasteiger charge is 2.55. The smallest absolute Gasteiger partial charge is 0.325 e. The van der Waals surface area contributed by atoms with Crippen LogP contribution in [0.3, 0.4) is 0 Å². The fraction of sp³-hybridized carbons (Fsp3) is 0.550. The summed E-state index contributed by atoms with van der Waals surface area (Å²) in [7, 11) is 0. The van der Waals surface area contributed by atoms with Crippen molar-refractivity contribution in [3.8, 4) is 0 Å². The molecule has 1 aromatic carbocycles. The maximum absolute atomic E-state index is 13.1. The van der Waals surface area contributed by atoms with Gasteiger partial charge in [-0.15, -0.1) is 12.4 Å². The number of nitrogens with two attached hydrogens (primary N) is 1. The Balaban J connectivity index is 0.00000225. The van der Waals surface area contributed by atoms with Gasteiger partial charge in [-0.25, -0.2) is 4.79 Å². The Morgan fingerprint density at radius 2 is 1.96 bits per heavy atom. The van der Waals surface area contributed by atoms with Crippen LogP contribution in [0.2, 0.25) is 0 Å². The van der Waals surface area contributed by atoms with Crippen LogP contribution in [-0.2, 0) is 21.5 Å². The number of imide groups is 1. The number of carbonyl (C=O) groups is 3. The third-order valence-corrected chi connectivity index (χ3v) is 6.35. The van der Waals surface area contributed by atoms with Crippen molar-refractivity contribution in [2.45, 2.75) is 44.2 Å². The number of carbonyl (C=O) groups excluding carboxylic acids is 3. The van der Waals surface area contributed by atoms with Crippen LogP contribution in [0.5, 0.6) is 0 Å². The molecule has 3 aliphatic rings. The van der Waals surface area contributed by atoms with Gasteiger partial charge < -0.3 is 16.0 Å². The van der Waals surface area contributed by atoms with E-state index >= 15 is 0 Å². The molecule has 3 N–H and O–H groups in total. The molecule has 28 heavy (non-hydrogen) atoms. The van der Waals surface area contributed by atoms with Crippen LogP contribution < -0.4 is 11.1 Å². The zero-order valence-electron chi connectivity index (χ0n) is 16.0. The van der Waals surface area contributed by atoms with E-state index in [2.05, 4.69) is 5.32 Å². The number of amides is 4. The van der Waals surface area contributed by atoms with Crippen molar-refractivity contribution in [3.05, 3.63) is 35.4 Å². The van der Waals surface area contributed by atoms with Gasteiger partial charge in [0, 0.05) is 19.1 Å². The summed E-state index contributed by atoms with van der Waals surface area (Å²) in [5.74, 6) is -0.0646. The van der Waals surface area contributed by atoms with Crippen LogP contribution in [0.25, 0.3) is 0 Å². The molecular formula is C20H27ClN4O3. The Labute approximate surface area is 171 Å². The molecule has 8 heteroatoms. The minimum absolute atomic E-state index is 0. The third kappa shape index (κ3) is 3.26. The summed E-state index contributed by atoms with van der Waals surface area (Å²) in [5.41, 5.74) is 6.89. The Kier molecular flexibility index (Phi) is 5.68. The fourth-order valence-corrected chi connectivity index (χ4v) is 4.64.